The van der Waals surface area contributed by atoms with Gasteiger partial charge < -0.3 is 10.4 Å². The zero-order chi connectivity index (χ0) is 15.3. The predicted octanol–water partition coefficient (Wildman–Crippen LogP) is 3.00. The lowest BCUT2D eigenvalue weighted by Gasteiger charge is -2.16. The standard InChI is InChI=1S/C15H18BrNO3/c1-9(2)14(15(19)20)17-13(18)7-6-11-5-4-10(3)8-12(11)16/h4-9,14H,1-3H3,(H,17,18)(H,19,20)/b7-6+. The van der Waals surface area contributed by atoms with Gasteiger partial charge in [0.15, 0.2) is 0 Å². The number of amides is 1. The second-order valence-corrected chi connectivity index (χ2v) is 5.78. The summed E-state index contributed by atoms with van der Waals surface area (Å²) in [6.45, 7) is 5.48. The van der Waals surface area contributed by atoms with Crippen LogP contribution in [0, 0.1) is 12.8 Å². The van der Waals surface area contributed by atoms with Gasteiger partial charge in [-0.2, -0.15) is 0 Å². The fraction of sp³-hybridized carbons (Fsp3) is 0.333. The molecule has 1 amide bonds. The molecule has 20 heavy (non-hydrogen) atoms. The molecular weight excluding hydrogens is 322 g/mol. The molecule has 0 saturated carbocycles. The van der Waals surface area contributed by atoms with E-state index < -0.39 is 17.9 Å². The minimum atomic E-state index is -1.03. The molecule has 0 aliphatic heterocycles. The van der Waals surface area contributed by atoms with Crippen LogP contribution in [0.25, 0.3) is 6.08 Å². The van der Waals surface area contributed by atoms with E-state index in [2.05, 4.69) is 21.2 Å². The Balaban J connectivity index is 2.75. The molecule has 1 rings (SSSR count). The van der Waals surface area contributed by atoms with E-state index in [1.807, 2.05) is 25.1 Å². The minimum Gasteiger partial charge on any atom is -0.480 e. The van der Waals surface area contributed by atoms with Crippen molar-refractivity contribution in [2.45, 2.75) is 26.8 Å². The number of aryl methyl sites for hydroxylation is 1. The zero-order valence-corrected chi connectivity index (χ0v) is 13.3. The minimum absolute atomic E-state index is 0.170. The Morgan fingerprint density at radius 1 is 1.35 bits per heavy atom. The zero-order valence-electron chi connectivity index (χ0n) is 11.7. The molecule has 0 saturated heterocycles. The van der Waals surface area contributed by atoms with Crippen molar-refractivity contribution < 1.29 is 14.7 Å². The van der Waals surface area contributed by atoms with Crippen molar-refractivity contribution in [1.29, 1.82) is 0 Å². The Labute approximate surface area is 127 Å². The van der Waals surface area contributed by atoms with Crippen LogP contribution in [0.3, 0.4) is 0 Å². The largest absolute Gasteiger partial charge is 0.480 e. The molecule has 1 atom stereocenters. The van der Waals surface area contributed by atoms with Gasteiger partial charge >= 0.3 is 5.97 Å². The molecule has 0 fully saturated rings. The summed E-state index contributed by atoms with van der Waals surface area (Å²) in [5.41, 5.74) is 1.98. The summed E-state index contributed by atoms with van der Waals surface area (Å²) in [7, 11) is 0. The van der Waals surface area contributed by atoms with E-state index in [0.717, 1.165) is 15.6 Å². The highest BCUT2D eigenvalue weighted by Crippen LogP contribution is 2.19. The van der Waals surface area contributed by atoms with Crippen molar-refractivity contribution in [2.24, 2.45) is 5.92 Å². The fourth-order valence-corrected chi connectivity index (χ4v) is 2.27. The number of hydrogen-bond acceptors (Lipinski definition) is 2. The van der Waals surface area contributed by atoms with Crippen LogP contribution >= 0.6 is 15.9 Å². The van der Waals surface area contributed by atoms with E-state index in [0.29, 0.717) is 0 Å². The maximum Gasteiger partial charge on any atom is 0.326 e. The van der Waals surface area contributed by atoms with E-state index in [9.17, 15) is 9.59 Å². The van der Waals surface area contributed by atoms with Crippen LogP contribution in [0.1, 0.15) is 25.0 Å². The van der Waals surface area contributed by atoms with Crippen molar-refractivity contribution >= 4 is 33.9 Å². The molecule has 0 aromatic heterocycles. The number of benzene rings is 1. The number of halogens is 1. The van der Waals surface area contributed by atoms with Gasteiger partial charge in [-0.25, -0.2) is 4.79 Å². The molecule has 0 heterocycles. The lowest BCUT2D eigenvalue weighted by Crippen LogP contribution is -2.43. The molecule has 0 spiro atoms. The lowest BCUT2D eigenvalue weighted by molar-refractivity contribution is -0.142. The van der Waals surface area contributed by atoms with Crippen LogP contribution in [-0.4, -0.2) is 23.0 Å². The SMILES string of the molecule is Cc1ccc(/C=C/C(=O)NC(C(=O)O)C(C)C)c(Br)c1. The molecule has 1 aromatic carbocycles. The second-order valence-electron chi connectivity index (χ2n) is 4.93. The first-order valence-corrected chi connectivity index (χ1v) is 7.08. The molecule has 0 aliphatic rings. The second kappa shape index (κ2) is 7.24. The number of hydrogen-bond donors (Lipinski definition) is 2. The third-order valence-corrected chi connectivity index (χ3v) is 3.49. The lowest BCUT2D eigenvalue weighted by atomic mass is 10.0. The summed E-state index contributed by atoms with van der Waals surface area (Å²) in [4.78, 5) is 22.7. The Kier molecular flexibility index (Phi) is 5.95. The number of carboxylic acid groups (broad SMARTS) is 1. The van der Waals surface area contributed by atoms with Crippen molar-refractivity contribution in [3.8, 4) is 0 Å². The van der Waals surface area contributed by atoms with Crippen LogP contribution in [0.2, 0.25) is 0 Å². The summed E-state index contributed by atoms with van der Waals surface area (Å²) < 4.78 is 0.889. The summed E-state index contributed by atoms with van der Waals surface area (Å²) in [5, 5.41) is 11.5. The number of carbonyl (C=O) groups excluding carboxylic acids is 1. The quantitative estimate of drug-likeness (QED) is 0.810. The number of rotatable bonds is 5. The fourth-order valence-electron chi connectivity index (χ4n) is 1.65. The van der Waals surface area contributed by atoms with Gasteiger partial charge in [-0.05, 0) is 36.1 Å². The van der Waals surface area contributed by atoms with Gasteiger partial charge in [0.05, 0.1) is 0 Å². The Morgan fingerprint density at radius 2 is 2.00 bits per heavy atom. The van der Waals surface area contributed by atoms with Crippen molar-refractivity contribution in [3.63, 3.8) is 0 Å². The van der Waals surface area contributed by atoms with Crippen LogP contribution < -0.4 is 5.32 Å². The van der Waals surface area contributed by atoms with Gasteiger partial charge in [-0.3, -0.25) is 4.79 Å². The third kappa shape index (κ3) is 4.81. The highest BCUT2D eigenvalue weighted by molar-refractivity contribution is 9.10. The maximum absolute atomic E-state index is 11.7. The number of nitrogens with one attached hydrogen (secondary N) is 1. The predicted molar refractivity (Wildman–Crippen MR) is 82.3 cm³/mol. The maximum atomic E-state index is 11.7. The van der Waals surface area contributed by atoms with E-state index in [1.54, 1.807) is 19.9 Å². The molecule has 1 aromatic rings. The molecule has 108 valence electrons. The molecule has 0 radical (unpaired) electrons. The molecule has 2 N–H and O–H groups in total. The van der Waals surface area contributed by atoms with E-state index in [-0.39, 0.29) is 5.92 Å². The van der Waals surface area contributed by atoms with E-state index in [4.69, 9.17) is 5.11 Å². The smallest absolute Gasteiger partial charge is 0.326 e. The summed E-state index contributed by atoms with van der Waals surface area (Å²) in [5.74, 6) is -1.62. The summed E-state index contributed by atoms with van der Waals surface area (Å²) >= 11 is 3.42. The van der Waals surface area contributed by atoms with E-state index >= 15 is 0 Å². The van der Waals surface area contributed by atoms with E-state index in [1.165, 1.54) is 6.08 Å². The first-order valence-electron chi connectivity index (χ1n) is 6.28. The molecule has 1 unspecified atom stereocenters. The van der Waals surface area contributed by atoms with Gasteiger partial charge in [0, 0.05) is 10.5 Å². The topological polar surface area (TPSA) is 66.4 Å². The van der Waals surface area contributed by atoms with Crippen molar-refractivity contribution in [1.82, 2.24) is 5.32 Å². The molecule has 0 aliphatic carbocycles. The molecular formula is C15H18BrNO3. The van der Waals surface area contributed by atoms with Gasteiger partial charge in [-0.1, -0.05) is 41.9 Å². The first-order chi connectivity index (χ1) is 9.31. The number of aliphatic carboxylic acids is 1. The Morgan fingerprint density at radius 3 is 2.50 bits per heavy atom. The number of carboxylic acids is 1. The van der Waals surface area contributed by atoms with Crippen LogP contribution in [-0.2, 0) is 9.59 Å². The number of carbonyl (C=O) groups is 2. The highest BCUT2D eigenvalue weighted by atomic mass is 79.9. The Hall–Kier alpha value is -1.62. The van der Waals surface area contributed by atoms with Crippen molar-refractivity contribution in [3.05, 3.63) is 39.9 Å². The van der Waals surface area contributed by atoms with Gasteiger partial charge in [-0.15, -0.1) is 0 Å². The van der Waals surface area contributed by atoms with Crippen LogP contribution in [0.4, 0.5) is 0 Å². The monoisotopic (exact) mass is 339 g/mol. The van der Waals surface area contributed by atoms with Gasteiger partial charge in [0.1, 0.15) is 6.04 Å². The highest BCUT2D eigenvalue weighted by Gasteiger charge is 2.22. The Bertz CT molecular complexity index is 538. The normalized spacial score (nSPS) is 12.7. The third-order valence-electron chi connectivity index (χ3n) is 2.80. The van der Waals surface area contributed by atoms with Gasteiger partial charge in [0.25, 0.3) is 0 Å². The average Bonchev–Trinajstić information content (AvgIpc) is 2.34. The molecule has 5 heteroatoms. The summed E-state index contributed by atoms with van der Waals surface area (Å²) in [6.07, 6.45) is 2.99. The molecule has 4 nitrogen and oxygen atoms in total. The first kappa shape index (κ1) is 16.4. The average molecular weight is 340 g/mol. The molecule has 0 bridgehead atoms. The summed E-state index contributed by atoms with van der Waals surface area (Å²) in [6, 6.07) is 4.90. The van der Waals surface area contributed by atoms with Crippen LogP contribution in [0.15, 0.2) is 28.7 Å². The van der Waals surface area contributed by atoms with Crippen molar-refractivity contribution in [2.75, 3.05) is 0 Å². The van der Waals surface area contributed by atoms with Crippen LogP contribution in [0.5, 0.6) is 0 Å². The van der Waals surface area contributed by atoms with Gasteiger partial charge in [0.2, 0.25) is 5.91 Å².